The lowest BCUT2D eigenvalue weighted by Crippen LogP contribution is -2.42. The predicted octanol–water partition coefficient (Wildman–Crippen LogP) is 1.00. The SMILES string of the molecule is Cc1cc2nc(CO)n(CC(=O)N3CCOCC3)c2cc1C. The molecule has 0 spiro atoms. The van der Waals surface area contributed by atoms with Gasteiger partial charge in [-0.3, -0.25) is 4.79 Å². The van der Waals surface area contributed by atoms with Crippen molar-refractivity contribution in [3.63, 3.8) is 0 Å². The van der Waals surface area contributed by atoms with Crippen LogP contribution in [0, 0.1) is 13.8 Å². The van der Waals surface area contributed by atoms with E-state index in [0.717, 1.165) is 22.2 Å². The number of nitrogens with zero attached hydrogens (tertiary/aromatic N) is 3. The summed E-state index contributed by atoms with van der Waals surface area (Å²) in [5.41, 5.74) is 4.02. The van der Waals surface area contributed by atoms with Gasteiger partial charge in [0.1, 0.15) is 19.0 Å². The highest BCUT2D eigenvalue weighted by atomic mass is 16.5. The zero-order chi connectivity index (χ0) is 15.7. The number of hydrogen-bond acceptors (Lipinski definition) is 4. The number of amides is 1. The first-order chi connectivity index (χ1) is 10.6. The van der Waals surface area contributed by atoms with Gasteiger partial charge in [0, 0.05) is 13.1 Å². The number of aromatic nitrogens is 2. The third kappa shape index (κ3) is 2.71. The zero-order valence-corrected chi connectivity index (χ0v) is 13.0. The van der Waals surface area contributed by atoms with Crippen LogP contribution >= 0.6 is 0 Å². The van der Waals surface area contributed by atoms with Crippen LogP contribution in [0.1, 0.15) is 17.0 Å². The van der Waals surface area contributed by atoms with Crippen LogP contribution in [0.25, 0.3) is 11.0 Å². The number of ether oxygens (including phenoxy) is 1. The van der Waals surface area contributed by atoms with Crippen molar-refractivity contribution in [3.8, 4) is 0 Å². The summed E-state index contributed by atoms with van der Waals surface area (Å²) in [6.45, 7) is 6.51. The second-order valence-corrected chi connectivity index (χ2v) is 5.69. The Morgan fingerprint density at radius 3 is 2.64 bits per heavy atom. The van der Waals surface area contributed by atoms with Gasteiger partial charge < -0.3 is 19.3 Å². The molecule has 0 bridgehead atoms. The minimum Gasteiger partial charge on any atom is -0.388 e. The Balaban J connectivity index is 1.94. The molecular formula is C16H21N3O3. The van der Waals surface area contributed by atoms with E-state index in [1.165, 1.54) is 0 Å². The number of carbonyl (C=O) groups is 1. The van der Waals surface area contributed by atoms with Crippen LogP contribution in [-0.2, 0) is 22.7 Å². The van der Waals surface area contributed by atoms with Crippen LogP contribution in [-0.4, -0.2) is 51.8 Å². The quantitative estimate of drug-likeness (QED) is 0.919. The minimum absolute atomic E-state index is 0.0375. The van der Waals surface area contributed by atoms with Gasteiger partial charge >= 0.3 is 0 Å². The van der Waals surface area contributed by atoms with Crippen molar-refractivity contribution in [1.82, 2.24) is 14.5 Å². The van der Waals surface area contributed by atoms with Crippen molar-refractivity contribution in [2.24, 2.45) is 0 Å². The Bertz CT molecular complexity index is 702. The van der Waals surface area contributed by atoms with Crippen LogP contribution in [0.15, 0.2) is 12.1 Å². The van der Waals surface area contributed by atoms with Crippen LogP contribution in [0.5, 0.6) is 0 Å². The Morgan fingerprint density at radius 1 is 1.27 bits per heavy atom. The largest absolute Gasteiger partial charge is 0.388 e. The maximum Gasteiger partial charge on any atom is 0.242 e. The van der Waals surface area contributed by atoms with Gasteiger partial charge in [0.2, 0.25) is 5.91 Å². The van der Waals surface area contributed by atoms with E-state index < -0.39 is 0 Å². The van der Waals surface area contributed by atoms with Crippen molar-refractivity contribution < 1.29 is 14.6 Å². The maximum atomic E-state index is 12.5. The fourth-order valence-corrected chi connectivity index (χ4v) is 2.78. The molecule has 1 saturated heterocycles. The lowest BCUT2D eigenvalue weighted by molar-refractivity contribution is -0.135. The van der Waals surface area contributed by atoms with Gasteiger partial charge in [-0.15, -0.1) is 0 Å². The Kier molecular flexibility index (Phi) is 4.13. The minimum atomic E-state index is -0.177. The number of carbonyl (C=O) groups excluding carboxylic acids is 1. The van der Waals surface area contributed by atoms with E-state index >= 15 is 0 Å². The van der Waals surface area contributed by atoms with Crippen LogP contribution < -0.4 is 0 Å². The molecule has 0 aliphatic carbocycles. The van der Waals surface area contributed by atoms with Crippen LogP contribution in [0.3, 0.4) is 0 Å². The maximum absolute atomic E-state index is 12.5. The first-order valence-corrected chi connectivity index (χ1v) is 7.53. The lowest BCUT2D eigenvalue weighted by atomic mass is 10.1. The highest BCUT2D eigenvalue weighted by molar-refractivity contribution is 5.82. The van der Waals surface area contributed by atoms with E-state index in [4.69, 9.17) is 4.74 Å². The average molecular weight is 303 g/mol. The van der Waals surface area contributed by atoms with E-state index in [-0.39, 0.29) is 19.1 Å². The molecule has 1 aromatic carbocycles. The molecule has 118 valence electrons. The molecule has 0 saturated carbocycles. The summed E-state index contributed by atoms with van der Waals surface area (Å²) in [6, 6.07) is 4.03. The molecule has 1 N–H and O–H groups in total. The lowest BCUT2D eigenvalue weighted by Gasteiger charge is -2.27. The molecule has 1 aromatic heterocycles. The van der Waals surface area contributed by atoms with Gasteiger partial charge in [-0.25, -0.2) is 4.98 Å². The van der Waals surface area contributed by atoms with Gasteiger partial charge in [0.25, 0.3) is 0 Å². The first-order valence-electron chi connectivity index (χ1n) is 7.53. The normalized spacial score (nSPS) is 15.5. The van der Waals surface area contributed by atoms with Gasteiger partial charge in [-0.1, -0.05) is 0 Å². The van der Waals surface area contributed by atoms with E-state index in [1.807, 2.05) is 30.5 Å². The number of fused-ring (bicyclic) bond motifs is 1. The summed E-state index contributed by atoms with van der Waals surface area (Å²) in [5.74, 6) is 0.567. The number of hydrogen-bond donors (Lipinski definition) is 1. The number of morpholine rings is 1. The molecule has 0 atom stereocenters. The van der Waals surface area contributed by atoms with Crippen molar-refractivity contribution in [1.29, 1.82) is 0 Å². The van der Waals surface area contributed by atoms with E-state index in [0.29, 0.717) is 32.1 Å². The smallest absolute Gasteiger partial charge is 0.242 e. The number of aryl methyl sites for hydroxylation is 2. The van der Waals surface area contributed by atoms with E-state index in [2.05, 4.69) is 4.98 Å². The fraction of sp³-hybridized carbons (Fsp3) is 0.500. The van der Waals surface area contributed by atoms with Crippen molar-refractivity contribution in [3.05, 3.63) is 29.1 Å². The molecule has 1 amide bonds. The Morgan fingerprint density at radius 2 is 1.95 bits per heavy atom. The molecule has 1 fully saturated rings. The number of aliphatic hydroxyl groups excluding tert-OH is 1. The summed E-state index contributed by atoms with van der Waals surface area (Å²) in [6.07, 6.45) is 0. The number of benzene rings is 1. The summed E-state index contributed by atoms with van der Waals surface area (Å²) in [4.78, 5) is 18.7. The van der Waals surface area contributed by atoms with Gasteiger partial charge in [-0.05, 0) is 37.1 Å². The standard InChI is InChI=1S/C16H21N3O3/c1-11-7-13-14(8-12(11)2)19(15(10-20)17-13)9-16(21)18-3-5-22-6-4-18/h7-8,20H,3-6,9-10H2,1-2H3. The monoisotopic (exact) mass is 303 g/mol. The van der Waals surface area contributed by atoms with Gasteiger partial charge in [0.05, 0.1) is 24.2 Å². The van der Waals surface area contributed by atoms with Crippen molar-refractivity contribution in [2.75, 3.05) is 26.3 Å². The molecule has 22 heavy (non-hydrogen) atoms. The molecule has 3 rings (SSSR count). The predicted molar refractivity (Wildman–Crippen MR) is 82.5 cm³/mol. The van der Waals surface area contributed by atoms with Crippen molar-refractivity contribution in [2.45, 2.75) is 27.0 Å². The fourth-order valence-electron chi connectivity index (χ4n) is 2.78. The van der Waals surface area contributed by atoms with E-state index in [1.54, 1.807) is 4.90 Å². The summed E-state index contributed by atoms with van der Waals surface area (Å²) >= 11 is 0. The molecule has 0 unspecified atom stereocenters. The topological polar surface area (TPSA) is 67.6 Å². The third-order valence-corrected chi connectivity index (χ3v) is 4.24. The summed E-state index contributed by atoms with van der Waals surface area (Å²) in [7, 11) is 0. The Labute approximate surface area is 129 Å². The third-order valence-electron chi connectivity index (χ3n) is 4.24. The van der Waals surface area contributed by atoms with Gasteiger partial charge in [-0.2, -0.15) is 0 Å². The summed E-state index contributed by atoms with van der Waals surface area (Å²) < 4.78 is 7.10. The molecule has 6 heteroatoms. The number of aliphatic hydroxyl groups is 1. The van der Waals surface area contributed by atoms with Crippen LogP contribution in [0.2, 0.25) is 0 Å². The summed E-state index contributed by atoms with van der Waals surface area (Å²) in [5, 5.41) is 9.55. The molecule has 2 aromatic rings. The van der Waals surface area contributed by atoms with Gasteiger partial charge in [0.15, 0.2) is 0 Å². The molecule has 2 heterocycles. The second-order valence-electron chi connectivity index (χ2n) is 5.69. The molecule has 6 nitrogen and oxygen atoms in total. The zero-order valence-electron chi connectivity index (χ0n) is 13.0. The molecule has 0 radical (unpaired) electrons. The van der Waals surface area contributed by atoms with Crippen molar-refractivity contribution >= 4 is 16.9 Å². The Hall–Kier alpha value is -1.92. The highest BCUT2D eigenvalue weighted by Gasteiger charge is 2.20. The van der Waals surface area contributed by atoms with Crippen LogP contribution in [0.4, 0.5) is 0 Å². The number of rotatable bonds is 3. The molecular weight excluding hydrogens is 282 g/mol. The van der Waals surface area contributed by atoms with E-state index in [9.17, 15) is 9.90 Å². The molecule has 1 aliphatic rings. The molecule has 1 aliphatic heterocycles. The highest BCUT2D eigenvalue weighted by Crippen LogP contribution is 2.21. The average Bonchev–Trinajstić information content (AvgIpc) is 2.86. The second kappa shape index (κ2) is 6.06. The number of imidazole rings is 1. The first kappa shape index (κ1) is 15.0.